The lowest BCUT2D eigenvalue weighted by Crippen LogP contribution is -2.27. The molecule has 2 aliphatic rings. The highest BCUT2D eigenvalue weighted by Crippen LogP contribution is 2.48. The molecule has 112 valence electrons. The van der Waals surface area contributed by atoms with Crippen molar-refractivity contribution in [3.63, 3.8) is 0 Å². The van der Waals surface area contributed by atoms with E-state index in [1.54, 1.807) is 6.07 Å². The predicted molar refractivity (Wildman–Crippen MR) is 80.9 cm³/mol. The molecule has 0 atom stereocenters. The molecule has 0 heterocycles. The van der Waals surface area contributed by atoms with E-state index in [9.17, 15) is 9.59 Å². The summed E-state index contributed by atoms with van der Waals surface area (Å²) >= 11 is 6.21. The Morgan fingerprint density at radius 3 is 2.62 bits per heavy atom. The van der Waals surface area contributed by atoms with Gasteiger partial charge in [0.2, 0.25) is 11.8 Å². The van der Waals surface area contributed by atoms with Crippen LogP contribution in [0.15, 0.2) is 18.2 Å². The van der Waals surface area contributed by atoms with Crippen LogP contribution in [0.5, 0.6) is 0 Å². The number of benzene rings is 1. The van der Waals surface area contributed by atoms with Gasteiger partial charge in [0.05, 0.1) is 11.8 Å². The average Bonchev–Trinajstić information content (AvgIpc) is 3.29. The van der Waals surface area contributed by atoms with Gasteiger partial charge in [-0.15, -0.1) is 0 Å². The average molecular weight is 307 g/mol. The van der Waals surface area contributed by atoms with E-state index in [-0.39, 0.29) is 11.8 Å². The topological polar surface area (TPSA) is 72.2 Å². The van der Waals surface area contributed by atoms with Crippen molar-refractivity contribution in [3.8, 4) is 0 Å². The zero-order valence-electron chi connectivity index (χ0n) is 11.8. The van der Waals surface area contributed by atoms with Gasteiger partial charge in [0.25, 0.3) is 0 Å². The number of primary amides is 1. The number of amides is 2. The standard InChI is InChI=1S/C16H19ClN2O2/c17-13-4-1-10(8-14(20)19-12-2-3-12)7-11(13)9-16(5-6-16)15(18)21/h1,4,7,12H,2-3,5-6,8-9H2,(H2,18,21)(H,19,20). The molecule has 3 N–H and O–H groups in total. The molecule has 1 aromatic carbocycles. The van der Waals surface area contributed by atoms with Crippen LogP contribution in [0.4, 0.5) is 0 Å². The maximum Gasteiger partial charge on any atom is 0.224 e. The highest BCUT2D eigenvalue weighted by atomic mass is 35.5. The minimum atomic E-state index is -0.418. The van der Waals surface area contributed by atoms with Crippen LogP contribution in [0, 0.1) is 5.41 Å². The third kappa shape index (κ3) is 3.38. The van der Waals surface area contributed by atoms with Gasteiger partial charge >= 0.3 is 0 Å². The summed E-state index contributed by atoms with van der Waals surface area (Å²) in [5, 5.41) is 3.60. The quantitative estimate of drug-likeness (QED) is 0.843. The number of carbonyl (C=O) groups excluding carboxylic acids is 2. The number of carbonyl (C=O) groups is 2. The molecule has 0 aliphatic heterocycles. The molecule has 2 amide bonds. The van der Waals surface area contributed by atoms with Crippen LogP contribution in [-0.4, -0.2) is 17.9 Å². The van der Waals surface area contributed by atoms with E-state index >= 15 is 0 Å². The maximum absolute atomic E-state index is 11.8. The first-order valence-electron chi connectivity index (χ1n) is 7.35. The minimum Gasteiger partial charge on any atom is -0.369 e. The van der Waals surface area contributed by atoms with Gasteiger partial charge in [-0.2, -0.15) is 0 Å². The lowest BCUT2D eigenvalue weighted by molar-refractivity contribution is -0.123. The molecule has 3 rings (SSSR count). The highest BCUT2D eigenvalue weighted by molar-refractivity contribution is 6.31. The van der Waals surface area contributed by atoms with E-state index in [1.807, 2.05) is 12.1 Å². The lowest BCUT2D eigenvalue weighted by Gasteiger charge is -2.13. The summed E-state index contributed by atoms with van der Waals surface area (Å²) in [4.78, 5) is 23.4. The van der Waals surface area contributed by atoms with Gasteiger partial charge in [0.1, 0.15) is 0 Å². The number of rotatable bonds is 6. The fourth-order valence-corrected chi connectivity index (χ4v) is 2.78. The Labute approximate surface area is 129 Å². The Balaban J connectivity index is 1.70. The largest absolute Gasteiger partial charge is 0.369 e. The van der Waals surface area contributed by atoms with Crippen LogP contribution in [0.2, 0.25) is 5.02 Å². The molecule has 2 aliphatic carbocycles. The fraction of sp³-hybridized carbons (Fsp3) is 0.500. The van der Waals surface area contributed by atoms with E-state index < -0.39 is 5.41 Å². The molecule has 1 aromatic rings. The summed E-state index contributed by atoms with van der Waals surface area (Å²) in [5.41, 5.74) is 6.88. The molecular weight excluding hydrogens is 288 g/mol. The van der Waals surface area contributed by atoms with E-state index in [1.165, 1.54) is 0 Å². The Morgan fingerprint density at radius 2 is 2.05 bits per heavy atom. The second kappa shape index (κ2) is 5.34. The number of hydrogen-bond donors (Lipinski definition) is 2. The molecule has 21 heavy (non-hydrogen) atoms. The van der Waals surface area contributed by atoms with Crippen molar-refractivity contribution in [1.29, 1.82) is 0 Å². The van der Waals surface area contributed by atoms with Gasteiger partial charge in [-0.05, 0) is 49.3 Å². The molecular formula is C16H19ClN2O2. The Morgan fingerprint density at radius 1 is 1.33 bits per heavy atom. The van der Waals surface area contributed by atoms with Gasteiger partial charge < -0.3 is 11.1 Å². The van der Waals surface area contributed by atoms with Crippen molar-refractivity contribution in [1.82, 2.24) is 5.32 Å². The first kappa shape index (κ1) is 14.4. The Kier molecular flexibility index (Phi) is 3.66. The molecule has 5 heteroatoms. The third-order valence-electron chi connectivity index (χ3n) is 4.32. The normalized spacial score (nSPS) is 19.1. The molecule has 0 spiro atoms. The molecule has 0 aromatic heterocycles. The van der Waals surface area contributed by atoms with Gasteiger partial charge in [-0.1, -0.05) is 23.7 Å². The summed E-state index contributed by atoms with van der Waals surface area (Å²) in [6.07, 6.45) is 4.73. The summed E-state index contributed by atoms with van der Waals surface area (Å²) in [6.45, 7) is 0. The summed E-state index contributed by atoms with van der Waals surface area (Å²) in [5.74, 6) is -0.211. The molecule has 2 fully saturated rings. The molecule has 0 bridgehead atoms. The number of nitrogens with two attached hydrogens (primary N) is 1. The van der Waals surface area contributed by atoms with E-state index in [4.69, 9.17) is 17.3 Å². The van der Waals surface area contributed by atoms with Crippen LogP contribution >= 0.6 is 11.6 Å². The predicted octanol–water partition coefficient (Wildman–Crippen LogP) is 1.97. The van der Waals surface area contributed by atoms with Crippen LogP contribution in [0.3, 0.4) is 0 Å². The summed E-state index contributed by atoms with van der Waals surface area (Å²) < 4.78 is 0. The monoisotopic (exact) mass is 306 g/mol. The molecule has 4 nitrogen and oxygen atoms in total. The molecule has 0 unspecified atom stereocenters. The third-order valence-corrected chi connectivity index (χ3v) is 4.69. The fourth-order valence-electron chi connectivity index (χ4n) is 2.59. The second-order valence-corrected chi connectivity index (χ2v) is 6.67. The first-order valence-corrected chi connectivity index (χ1v) is 7.73. The van der Waals surface area contributed by atoms with E-state index in [2.05, 4.69) is 5.32 Å². The summed E-state index contributed by atoms with van der Waals surface area (Å²) in [6, 6.07) is 5.96. The van der Waals surface area contributed by atoms with Crippen molar-refractivity contribution in [3.05, 3.63) is 34.3 Å². The van der Waals surface area contributed by atoms with Crippen LogP contribution in [0.1, 0.15) is 36.8 Å². The SMILES string of the molecule is NC(=O)C1(Cc2cc(CC(=O)NC3CC3)ccc2Cl)CC1. The van der Waals surface area contributed by atoms with Crippen molar-refractivity contribution < 1.29 is 9.59 Å². The van der Waals surface area contributed by atoms with Crippen molar-refractivity contribution in [2.75, 3.05) is 0 Å². The number of halogens is 1. The van der Waals surface area contributed by atoms with Crippen molar-refractivity contribution in [2.45, 2.75) is 44.6 Å². The van der Waals surface area contributed by atoms with Crippen molar-refractivity contribution in [2.24, 2.45) is 11.1 Å². The molecule has 2 saturated carbocycles. The molecule has 0 saturated heterocycles. The van der Waals surface area contributed by atoms with Crippen LogP contribution in [-0.2, 0) is 22.4 Å². The molecule has 0 radical (unpaired) electrons. The Hall–Kier alpha value is -1.55. The zero-order chi connectivity index (χ0) is 15.0. The highest BCUT2D eigenvalue weighted by Gasteiger charge is 2.48. The van der Waals surface area contributed by atoms with Crippen molar-refractivity contribution >= 4 is 23.4 Å². The first-order chi connectivity index (χ1) is 9.98. The summed E-state index contributed by atoms with van der Waals surface area (Å²) in [7, 11) is 0. The van der Waals surface area contributed by atoms with Gasteiger partial charge in [0.15, 0.2) is 0 Å². The zero-order valence-corrected chi connectivity index (χ0v) is 12.6. The van der Waals surface area contributed by atoms with Gasteiger partial charge in [-0.3, -0.25) is 9.59 Å². The Bertz CT molecular complexity index is 592. The second-order valence-electron chi connectivity index (χ2n) is 6.27. The van der Waals surface area contributed by atoms with Gasteiger partial charge in [0, 0.05) is 11.1 Å². The maximum atomic E-state index is 11.8. The smallest absolute Gasteiger partial charge is 0.224 e. The van der Waals surface area contributed by atoms with Crippen LogP contribution in [0.25, 0.3) is 0 Å². The number of hydrogen-bond acceptors (Lipinski definition) is 2. The van der Waals surface area contributed by atoms with Crippen LogP contribution < -0.4 is 11.1 Å². The van der Waals surface area contributed by atoms with E-state index in [0.717, 1.165) is 36.8 Å². The van der Waals surface area contributed by atoms with E-state index in [0.29, 0.717) is 23.9 Å². The van der Waals surface area contributed by atoms with Gasteiger partial charge in [-0.25, -0.2) is 0 Å². The minimum absolute atomic E-state index is 0.0433. The number of nitrogens with one attached hydrogen (secondary N) is 1. The lowest BCUT2D eigenvalue weighted by atomic mass is 9.94.